The number of nitrogens with zero attached hydrogens (tertiary/aromatic N) is 3. The summed E-state index contributed by atoms with van der Waals surface area (Å²) in [6, 6.07) is 2.59. The molecule has 1 aliphatic rings. The molecule has 0 saturated carbocycles. The van der Waals surface area contributed by atoms with E-state index in [0.29, 0.717) is 12.6 Å². The summed E-state index contributed by atoms with van der Waals surface area (Å²) >= 11 is 0. The van der Waals surface area contributed by atoms with E-state index in [4.69, 9.17) is 0 Å². The Labute approximate surface area is 137 Å². The maximum Gasteiger partial charge on any atom is 0.191 e. The molecular formula is C13H25IN6. The Morgan fingerprint density at radius 3 is 3.05 bits per heavy atom. The van der Waals surface area contributed by atoms with Crippen LogP contribution in [0.4, 0.5) is 0 Å². The maximum absolute atomic E-state index is 4.24. The Kier molecular flexibility index (Phi) is 7.90. The van der Waals surface area contributed by atoms with Crippen LogP contribution in [0, 0.1) is 0 Å². The van der Waals surface area contributed by atoms with Gasteiger partial charge in [-0.2, -0.15) is 5.10 Å². The second-order valence-corrected chi connectivity index (χ2v) is 4.81. The molecule has 2 rings (SSSR count). The number of aromatic amines is 1. The fraction of sp³-hybridized carbons (Fsp3) is 0.692. The van der Waals surface area contributed by atoms with Crippen LogP contribution in [-0.4, -0.2) is 53.8 Å². The normalized spacial score (nSPS) is 19.7. The molecule has 0 radical (unpaired) electrons. The van der Waals surface area contributed by atoms with Crippen LogP contribution >= 0.6 is 24.0 Å². The maximum atomic E-state index is 4.24. The smallest absolute Gasteiger partial charge is 0.191 e. The van der Waals surface area contributed by atoms with Crippen molar-refractivity contribution in [2.45, 2.75) is 32.4 Å². The summed E-state index contributed by atoms with van der Waals surface area (Å²) in [5, 5.41) is 13.5. The fourth-order valence-corrected chi connectivity index (χ4v) is 2.54. The quantitative estimate of drug-likeness (QED) is 0.400. The van der Waals surface area contributed by atoms with Crippen LogP contribution in [0.1, 0.15) is 25.5 Å². The molecule has 1 unspecified atom stereocenters. The van der Waals surface area contributed by atoms with E-state index < -0.39 is 0 Å². The first-order chi connectivity index (χ1) is 9.33. The summed E-state index contributed by atoms with van der Waals surface area (Å²) < 4.78 is 0. The van der Waals surface area contributed by atoms with Crippen molar-refractivity contribution in [2.75, 3.05) is 26.7 Å². The van der Waals surface area contributed by atoms with Gasteiger partial charge in [0.15, 0.2) is 5.96 Å². The van der Waals surface area contributed by atoms with Gasteiger partial charge in [-0.25, -0.2) is 0 Å². The third kappa shape index (κ3) is 4.93. The number of aliphatic imine (C=N–C) groups is 1. The Morgan fingerprint density at radius 1 is 1.55 bits per heavy atom. The van der Waals surface area contributed by atoms with Crippen LogP contribution in [0.5, 0.6) is 0 Å². The highest BCUT2D eigenvalue weighted by Crippen LogP contribution is 2.15. The zero-order valence-corrected chi connectivity index (χ0v) is 14.6. The predicted octanol–water partition coefficient (Wildman–Crippen LogP) is 1.18. The topological polar surface area (TPSA) is 68.3 Å². The molecule has 1 aromatic rings. The molecule has 7 heteroatoms. The third-order valence-electron chi connectivity index (χ3n) is 3.64. The highest BCUT2D eigenvalue weighted by atomic mass is 127. The number of guanidine groups is 1. The summed E-state index contributed by atoms with van der Waals surface area (Å²) in [5.41, 5.74) is 1.05. The molecule has 3 N–H and O–H groups in total. The summed E-state index contributed by atoms with van der Waals surface area (Å²) in [7, 11) is 1.80. The second kappa shape index (κ2) is 9.17. The van der Waals surface area contributed by atoms with Gasteiger partial charge >= 0.3 is 0 Å². The first kappa shape index (κ1) is 17.2. The lowest BCUT2D eigenvalue weighted by atomic mass is 10.2. The van der Waals surface area contributed by atoms with Gasteiger partial charge < -0.3 is 10.6 Å². The van der Waals surface area contributed by atoms with Crippen LogP contribution in [0.2, 0.25) is 0 Å². The molecule has 0 spiro atoms. The molecule has 0 aromatic carbocycles. The van der Waals surface area contributed by atoms with E-state index in [9.17, 15) is 0 Å². The number of H-pyrrole nitrogens is 1. The number of rotatable bonds is 5. The van der Waals surface area contributed by atoms with E-state index in [0.717, 1.165) is 24.7 Å². The number of hydrogen-bond acceptors (Lipinski definition) is 3. The van der Waals surface area contributed by atoms with Crippen molar-refractivity contribution in [3.05, 3.63) is 18.0 Å². The molecular weight excluding hydrogens is 367 g/mol. The van der Waals surface area contributed by atoms with Gasteiger partial charge in [0.25, 0.3) is 0 Å². The van der Waals surface area contributed by atoms with E-state index in [2.05, 4.69) is 37.6 Å². The third-order valence-corrected chi connectivity index (χ3v) is 3.64. The molecule has 1 atom stereocenters. The van der Waals surface area contributed by atoms with Gasteiger partial charge in [0.05, 0.1) is 12.2 Å². The number of likely N-dealkylation sites (tertiary alicyclic amines) is 1. The van der Waals surface area contributed by atoms with E-state index >= 15 is 0 Å². The van der Waals surface area contributed by atoms with Gasteiger partial charge in [0.2, 0.25) is 0 Å². The van der Waals surface area contributed by atoms with Gasteiger partial charge in [0, 0.05) is 25.8 Å². The standard InChI is InChI=1S/C13H24N6.HI/c1-3-19-8-4-5-12(19)10-16-13(14-2)15-9-11-6-7-17-18-11;/h6-7,12H,3-5,8-10H2,1-2H3,(H,17,18)(H2,14,15,16);1H. The van der Waals surface area contributed by atoms with Crippen molar-refractivity contribution >= 4 is 29.9 Å². The zero-order chi connectivity index (χ0) is 13.5. The van der Waals surface area contributed by atoms with Crippen molar-refractivity contribution in [3.8, 4) is 0 Å². The van der Waals surface area contributed by atoms with E-state index in [1.165, 1.54) is 19.4 Å². The fourth-order valence-electron chi connectivity index (χ4n) is 2.54. The highest BCUT2D eigenvalue weighted by molar-refractivity contribution is 14.0. The minimum atomic E-state index is 0. The predicted molar refractivity (Wildman–Crippen MR) is 92.5 cm³/mol. The molecule has 1 fully saturated rings. The van der Waals surface area contributed by atoms with Crippen molar-refractivity contribution < 1.29 is 0 Å². The SMILES string of the molecule is CCN1CCCC1CNC(=NC)NCc1ccn[nH]1.I. The minimum absolute atomic E-state index is 0. The summed E-state index contributed by atoms with van der Waals surface area (Å²) in [6.45, 7) is 6.25. The van der Waals surface area contributed by atoms with Crippen molar-refractivity contribution in [2.24, 2.45) is 4.99 Å². The average Bonchev–Trinajstić information content (AvgIpc) is 3.09. The molecule has 0 bridgehead atoms. The molecule has 1 saturated heterocycles. The zero-order valence-electron chi connectivity index (χ0n) is 12.2. The van der Waals surface area contributed by atoms with Crippen LogP contribution in [0.15, 0.2) is 17.3 Å². The summed E-state index contributed by atoms with van der Waals surface area (Å²) in [4.78, 5) is 6.76. The van der Waals surface area contributed by atoms with E-state index in [1.54, 1.807) is 13.2 Å². The lowest BCUT2D eigenvalue weighted by Gasteiger charge is -2.23. The first-order valence-corrected chi connectivity index (χ1v) is 7.00. The largest absolute Gasteiger partial charge is 0.355 e. The average molecular weight is 392 g/mol. The highest BCUT2D eigenvalue weighted by Gasteiger charge is 2.22. The van der Waals surface area contributed by atoms with Crippen molar-refractivity contribution in [1.82, 2.24) is 25.7 Å². The molecule has 1 aliphatic heterocycles. The molecule has 0 aliphatic carbocycles. The van der Waals surface area contributed by atoms with Gasteiger partial charge in [0.1, 0.15) is 0 Å². The van der Waals surface area contributed by atoms with Crippen molar-refractivity contribution in [3.63, 3.8) is 0 Å². The summed E-state index contributed by atoms with van der Waals surface area (Å²) in [5.74, 6) is 0.845. The molecule has 6 nitrogen and oxygen atoms in total. The summed E-state index contributed by atoms with van der Waals surface area (Å²) in [6.07, 6.45) is 4.34. The second-order valence-electron chi connectivity index (χ2n) is 4.81. The van der Waals surface area contributed by atoms with Gasteiger partial charge in [-0.3, -0.25) is 15.0 Å². The van der Waals surface area contributed by atoms with Gasteiger partial charge in [-0.05, 0) is 32.0 Å². The first-order valence-electron chi connectivity index (χ1n) is 7.00. The van der Waals surface area contributed by atoms with Gasteiger partial charge in [-0.15, -0.1) is 24.0 Å². The number of likely N-dealkylation sites (N-methyl/N-ethyl adjacent to an activating group) is 1. The molecule has 20 heavy (non-hydrogen) atoms. The van der Waals surface area contributed by atoms with Crippen LogP contribution in [0.3, 0.4) is 0 Å². The Balaban J connectivity index is 0.00000200. The van der Waals surface area contributed by atoms with Crippen LogP contribution < -0.4 is 10.6 Å². The van der Waals surface area contributed by atoms with Crippen LogP contribution in [-0.2, 0) is 6.54 Å². The Hall–Kier alpha value is -0.830. The molecule has 114 valence electrons. The number of hydrogen-bond donors (Lipinski definition) is 3. The van der Waals surface area contributed by atoms with E-state index in [-0.39, 0.29) is 24.0 Å². The Bertz CT molecular complexity index is 392. The minimum Gasteiger partial charge on any atom is -0.355 e. The molecule has 0 amide bonds. The van der Waals surface area contributed by atoms with Crippen molar-refractivity contribution in [1.29, 1.82) is 0 Å². The monoisotopic (exact) mass is 392 g/mol. The van der Waals surface area contributed by atoms with Crippen LogP contribution in [0.25, 0.3) is 0 Å². The molecule has 2 heterocycles. The molecule has 1 aromatic heterocycles. The number of aromatic nitrogens is 2. The lowest BCUT2D eigenvalue weighted by molar-refractivity contribution is 0.267. The Morgan fingerprint density at radius 2 is 2.40 bits per heavy atom. The number of halogens is 1. The van der Waals surface area contributed by atoms with E-state index in [1.807, 2.05) is 6.07 Å². The van der Waals surface area contributed by atoms with Gasteiger partial charge in [-0.1, -0.05) is 6.92 Å². The lowest BCUT2D eigenvalue weighted by Crippen LogP contribution is -2.44. The number of nitrogens with one attached hydrogen (secondary N) is 3.